The van der Waals surface area contributed by atoms with Gasteiger partial charge in [0, 0.05) is 13.1 Å². The van der Waals surface area contributed by atoms with Crippen LogP contribution in [0.3, 0.4) is 0 Å². The second-order valence-corrected chi connectivity index (χ2v) is 2.54. The Bertz CT molecular complexity index is 86.7. The zero-order chi connectivity index (χ0) is 8.69. The van der Waals surface area contributed by atoms with Crippen molar-refractivity contribution in [3.8, 4) is 0 Å². The zero-order valence-electron chi connectivity index (χ0n) is 6.37. The van der Waals surface area contributed by atoms with E-state index in [4.69, 9.17) is 32.9 Å². The number of aliphatic hydroxyl groups is 1. The number of ether oxygens (including phenoxy) is 1. The zero-order valence-corrected chi connectivity index (χ0v) is 7.13. The molecule has 1 rings (SSSR count). The summed E-state index contributed by atoms with van der Waals surface area (Å²) in [5, 5.41) is 8.42. The largest absolute Gasteiger partial charge is 0.390 e. The molecule has 0 aromatic heterocycles. The minimum Gasteiger partial charge on any atom is -0.390 e. The Labute approximate surface area is 71.5 Å². The van der Waals surface area contributed by atoms with E-state index >= 15 is 0 Å². The number of alkyl halides is 1. The molecule has 0 spiro atoms. The number of nitrogens with two attached hydrogens (primary N) is 2. The summed E-state index contributed by atoms with van der Waals surface area (Å²) in [6.07, 6.45) is -0.110. The summed E-state index contributed by atoms with van der Waals surface area (Å²) in [6.45, 7) is 1.40. The van der Waals surface area contributed by atoms with Gasteiger partial charge in [-0.3, -0.25) is 0 Å². The van der Waals surface area contributed by atoms with Crippen molar-refractivity contribution in [2.75, 3.05) is 25.6 Å². The molecule has 0 aromatic rings. The van der Waals surface area contributed by atoms with Gasteiger partial charge >= 0.3 is 0 Å². The van der Waals surface area contributed by atoms with Crippen LogP contribution >= 0.6 is 11.6 Å². The van der Waals surface area contributed by atoms with Crippen LogP contribution in [0.2, 0.25) is 0 Å². The van der Waals surface area contributed by atoms with E-state index in [0.29, 0.717) is 12.0 Å². The summed E-state index contributed by atoms with van der Waals surface area (Å²) < 4.78 is 4.73. The average Bonchev–Trinajstić information content (AvgIpc) is 2.86. The fraction of sp³-hybridized carbons (Fsp3) is 1.00. The van der Waals surface area contributed by atoms with Gasteiger partial charge in [0.15, 0.2) is 0 Å². The monoisotopic (exact) mass is 182 g/mol. The van der Waals surface area contributed by atoms with Crippen molar-refractivity contribution < 1.29 is 9.84 Å². The van der Waals surface area contributed by atoms with Gasteiger partial charge in [0.1, 0.15) is 0 Å². The second-order valence-electron chi connectivity index (χ2n) is 2.23. The van der Waals surface area contributed by atoms with E-state index in [1.807, 2.05) is 0 Å². The lowest BCUT2D eigenvalue weighted by Gasteiger charge is -1.98. The molecule has 1 heterocycles. The maximum Gasteiger partial charge on any atom is 0.0944 e. The maximum atomic E-state index is 8.42. The minimum absolute atomic E-state index is 0.260. The molecule has 0 amide bonds. The number of halogens is 1. The third-order valence-electron chi connectivity index (χ3n) is 1.12. The average molecular weight is 183 g/mol. The van der Waals surface area contributed by atoms with Gasteiger partial charge in [-0.1, -0.05) is 0 Å². The Hall–Kier alpha value is 0.130. The third kappa shape index (κ3) is 8.03. The molecule has 5 N–H and O–H groups in total. The molecule has 1 aliphatic heterocycles. The summed E-state index contributed by atoms with van der Waals surface area (Å²) in [6, 6.07) is 0. The van der Waals surface area contributed by atoms with E-state index in [2.05, 4.69) is 0 Å². The van der Waals surface area contributed by atoms with Gasteiger partial charge < -0.3 is 21.3 Å². The van der Waals surface area contributed by atoms with E-state index in [1.165, 1.54) is 0 Å². The first-order valence-corrected chi connectivity index (χ1v) is 4.03. The first-order valence-electron chi connectivity index (χ1n) is 3.50. The molecule has 1 aliphatic rings. The van der Waals surface area contributed by atoms with Crippen LogP contribution in [-0.4, -0.2) is 42.9 Å². The standard InChI is InChI=1S/C3H5ClO.C3H10N2O/c4-1-3-2-5-3;4-1-3(6)2-5/h3H,1-2H2;3,6H,1-2,4-5H2. The number of hydrogen-bond acceptors (Lipinski definition) is 4. The summed E-state index contributed by atoms with van der Waals surface area (Å²) in [7, 11) is 0. The van der Waals surface area contributed by atoms with Crippen LogP contribution in [-0.2, 0) is 4.74 Å². The molecule has 1 saturated heterocycles. The smallest absolute Gasteiger partial charge is 0.0944 e. The van der Waals surface area contributed by atoms with Gasteiger partial charge in [-0.05, 0) is 0 Å². The maximum absolute atomic E-state index is 8.42. The fourth-order valence-electron chi connectivity index (χ4n) is 0.253. The van der Waals surface area contributed by atoms with Crippen molar-refractivity contribution in [1.29, 1.82) is 0 Å². The van der Waals surface area contributed by atoms with E-state index in [0.717, 1.165) is 6.61 Å². The summed E-state index contributed by atoms with van der Waals surface area (Å²) in [4.78, 5) is 0. The predicted molar refractivity (Wildman–Crippen MR) is 44.6 cm³/mol. The van der Waals surface area contributed by atoms with Crippen molar-refractivity contribution in [1.82, 2.24) is 0 Å². The van der Waals surface area contributed by atoms with Crippen LogP contribution in [0.1, 0.15) is 0 Å². The molecular weight excluding hydrogens is 168 g/mol. The molecule has 0 saturated carbocycles. The van der Waals surface area contributed by atoms with Gasteiger partial charge in [-0.15, -0.1) is 11.6 Å². The number of epoxide rings is 1. The number of hydrogen-bond donors (Lipinski definition) is 3. The van der Waals surface area contributed by atoms with E-state index < -0.39 is 6.10 Å². The predicted octanol–water partition coefficient (Wildman–Crippen LogP) is -1.11. The summed E-state index contributed by atoms with van der Waals surface area (Å²) >= 11 is 5.27. The molecule has 5 heteroatoms. The van der Waals surface area contributed by atoms with E-state index in [9.17, 15) is 0 Å². The Kier molecular flexibility index (Phi) is 6.90. The fourth-order valence-corrected chi connectivity index (χ4v) is 0.432. The molecule has 1 unspecified atom stereocenters. The van der Waals surface area contributed by atoms with Crippen molar-refractivity contribution in [3.05, 3.63) is 0 Å². The van der Waals surface area contributed by atoms with Crippen molar-refractivity contribution in [3.63, 3.8) is 0 Å². The highest BCUT2D eigenvalue weighted by Gasteiger charge is 2.19. The highest BCUT2D eigenvalue weighted by Crippen LogP contribution is 2.08. The van der Waals surface area contributed by atoms with Gasteiger partial charge in [-0.2, -0.15) is 0 Å². The SMILES string of the molecule is ClCC1CO1.NCC(O)CN. The van der Waals surface area contributed by atoms with Gasteiger partial charge in [0.25, 0.3) is 0 Å². The number of aliphatic hydroxyl groups excluding tert-OH is 1. The lowest BCUT2D eigenvalue weighted by atomic mass is 10.4. The van der Waals surface area contributed by atoms with Gasteiger partial charge in [-0.25, -0.2) is 0 Å². The van der Waals surface area contributed by atoms with Crippen LogP contribution in [0.5, 0.6) is 0 Å². The molecule has 68 valence electrons. The van der Waals surface area contributed by atoms with Gasteiger partial charge in [0.2, 0.25) is 0 Å². The molecule has 4 nitrogen and oxygen atoms in total. The van der Waals surface area contributed by atoms with E-state index in [1.54, 1.807) is 0 Å². The van der Waals surface area contributed by atoms with Crippen LogP contribution in [0.15, 0.2) is 0 Å². The normalized spacial score (nSPS) is 21.0. The molecule has 1 fully saturated rings. The highest BCUT2D eigenvalue weighted by molar-refractivity contribution is 6.18. The molecule has 11 heavy (non-hydrogen) atoms. The third-order valence-corrected chi connectivity index (χ3v) is 1.46. The van der Waals surface area contributed by atoms with Crippen molar-refractivity contribution >= 4 is 11.6 Å². The first-order chi connectivity index (χ1) is 5.24. The highest BCUT2D eigenvalue weighted by atomic mass is 35.5. The quantitative estimate of drug-likeness (QED) is 0.382. The van der Waals surface area contributed by atoms with Crippen molar-refractivity contribution in [2.45, 2.75) is 12.2 Å². The molecule has 0 aliphatic carbocycles. The topological polar surface area (TPSA) is 84.8 Å². The van der Waals surface area contributed by atoms with Crippen LogP contribution < -0.4 is 11.5 Å². The lowest BCUT2D eigenvalue weighted by Crippen LogP contribution is -2.27. The Morgan fingerprint density at radius 1 is 1.55 bits per heavy atom. The molecule has 0 aromatic carbocycles. The molecular formula is C6H15ClN2O2. The molecule has 0 radical (unpaired) electrons. The van der Waals surface area contributed by atoms with Crippen LogP contribution in [0.25, 0.3) is 0 Å². The lowest BCUT2D eigenvalue weighted by molar-refractivity contribution is 0.191. The summed E-state index contributed by atoms with van der Waals surface area (Å²) in [5.74, 6) is 0.667. The van der Waals surface area contributed by atoms with Gasteiger partial charge in [0.05, 0.1) is 24.7 Å². The van der Waals surface area contributed by atoms with Crippen LogP contribution in [0.4, 0.5) is 0 Å². The molecule has 1 atom stereocenters. The Morgan fingerprint density at radius 2 is 2.00 bits per heavy atom. The van der Waals surface area contributed by atoms with Crippen LogP contribution in [0, 0.1) is 0 Å². The first kappa shape index (κ1) is 11.1. The Balaban J connectivity index is 0.000000183. The van der Waals surface area contributed by atoms with Crippen molar-refractivity contribution in [2.24, 2.45) is 11.5 Å². The Morgan fingerprint density at radius 3 is 2.00 bits per heavy atom. The number of rotatable bonds is 3. The second kappa shape index (κ2) is 6.82. The summed E-state index contributed by atoms with van der Waals surface area (Å²) in [5.41, 5.74) is 9.91. The molecule has 0 bridgehead atoms. The van der Waals surface area contributed by atoms with E-state index in [-0.39, 0.29) is 13.1 Å². The minimum atomic E-state index is -0.509.